The summed E-state index contributed by atoms with van der Waals surface area (Å²) in [5.74, 6) is 1.61. The van der Waals surface area contributed by atoms with E-state index in [0.29, 0.717) is 19.3 Å². The van der Waals surface area contributed by atoms with Gasteiger partial charge in [0, 0.05) is 19.3 Å². The molecule has 0 unspecified atom stereocenters. The number of esters is 3. The second-order valence-corrected chi connectivity index (χ2v) is 21.4. The first kappa shape index (κ1) is 62.4. The van der Waals surface area contributed by atoms with Crippen LogP contribution >= 0.6 is 0 Å². The molecule has 0 aromatic rings. The van der Waals surface area contributed by atoms with Gasteiger partial charge in [-0.25, -0.2) is 0 Å². The lowest BCUT2D eigenvalue weighted by Crippen LogP contribution is -2.30. The summed E-state index contributed by atoms with van der Waals surface area (Å²) >= 11 is 0. The molecule has 0 fully saturated rings. The molecule has 0 bridgehead atoms. The van der Waals surface area contributed by atoms with Gasteiger partial charge in [0.25, 0.3) is 0 Å². The van der Waals surface area contributed by atoms with E-state index in [9.17, 15) is 14.4 Å². The molecule has 6 nitrogen and oxygen atoms in total. The summed E-state index contributed by atoms with van der Waals surface area (Å²) in [4.78, 5) is 38.0. The fraction of sp³-hybridized carbons (Fsp3) is 0.948. The van der Waals surface area contributed by atoms with E-state index in [4.69, 9.17) is 14.2 Å². The summed E-state index contributed by atoms with van der Waals surface area (Å²) in [6.45, 7) is 13.7. The quantitative estimate of drug-likeness (QED) is 0.0344. The van der Waals surface area contributed by atoms with Crippen LogP contribution in [0, 0.1) is 17.8 Å². The summed E-state index contributed by atoms with van der Waals surface area (Å²) < 4.78 is 16.8. The molecule has 0 rings (SSSR count). The van der Waals surface area contributed by atoms with Crippen molar-refractivity contribution in [3.05, 3.63) is 0 Å². The van der Waals surface area contributed by atoms with Crippen LogP contribution in [0.5, 0.6) is 0 Å². The van der Waals surface area contributed by atoms with Crippen molar-refractivity contribution in [1.29, 1.82) is 0 Å². The van der Waals surface area contributed by atoms with E-state index in [-0.39, 0.29) is 31.1 Å². The Balaban J connectivity index is 4.18. The second-order valence-electron chi connectivity index (χ2n) is 21.4. The molecule has 0 saturated heterocycles. The number of unbranched alkanes of at least 4 members (excludes halogenated alkanes) is 34. The number of carbonyl (C=O) groups excluding carboxylic acids is 3. The third-order valence-electron chi connectivity index (χ3n) is 13.1. The van der Waals surface area contributed by atoms with Crippen LogP contribution < -0.4 is 0 Å². The third kappa shape index (κ3) is 51.4. The standard InChI is InChI=1S/C58H112O6/c1-52(2)44-38-32-26-22-18-14-10-7-8-12-16-20-24-28-35-41-47-56(59)62-50-55(64-58(61)49-43-37-31-30-34-40-46-54(5)6)51-63-57(60)48-42-36-29-25-21-17-13-9-11-15-19-23-27-33-39-45-53(3)4/h52-55H,7-51H2,1-6H3/t55-/m1/s1. The molecule has 64 heavy (non-hydrogen) atoms. The molecule has 0 saturated carbocycles. The Labute approximate surface area is 399 Å². The van der Waals surface area contributed by atoms with E-state index < -0.39 is 6.10 Å². The predicted octanol–water partition coefficient (Wildman–Crippen LogP) is 18.7. The van der Waals surface area contributed by atoms with Gasteiger partial charge in [0.2, 0.25) is 0 Å². The minimum Gasteiger partial charge on any atom is -0.462 e. The molecule has 0 aromatic heterocycles. The summed E-state index contributed by atoms with van der Waals surface area (Å²) in [7, 11) is 0. The fourth-order valence-electron chi connectivity index (χ4n) is 8.82. The van der Waals surface area contributed by atoms with Crippen molar-refractivity contribution in [3.8, 4) is 0 Å². The van der Waals surface area contributed by atoms with Crippen molar-refractivity contribution in [2.24, 2.45) is 17.8 Å². The maximum Gasteiger partial charge on any atom is 0.306 e. The largest absolute Gasteiger partial charge is 0.462 e. The minimum absolute atomic E-state index is 0.0648. The number of carbonyl (C=O) groups is 3. The highest BCUT2D eigenvalue weighted by molar-refractivity contribution is 5.71. The summed E-state index contributed by atoms with van der Waals surface area (Å²) in [6, 6.07) is 0. The van der Waals surface area contributed by atoms with E-state index in [0.717, 1.165) is 75.5 Å². The number of rotatable bonds is 51. The molecule has 0 aromatic carbocycles. The van der Waals surface area contributed by atoms with Crippen LogP contribution in [-0.4, -0.2) is 37.2 Å². The van der Waals surface area contributed by atoms with Gasteiger partial charge in [-0.1, -0.05) is 279 Å². The number of hydrogen-bond donors (Lipinski definition) is 0. The van der Waals surface area contributed by atoms with Crippen molar-refractivity contribution in [3.63, 3.8) is 0 Å². The Hall–Kier alpha value is -1.59. The zero-order valence-corrected chi connectivity index (χ0v) is 44.1. The van der Waals surface area contributed by atoms with Gasteiger partial charge in [0.1, 0.15) is 13.2 Å². The molecule has 380 valence electrons. The Morgan fingerprint density at radius 3 is 0.672 bits per heavy atom. The van der Waals surface area contributed by atoms with Crippen LogP contribution in [0.4, 0.5) is 0 Å². The molecule has 6 heteroatoms. The molecule has 0 heterocycles. The minimum atomic E-state index is -0.764. The SMILES string of the molecule is CC(C)CCCCCCCCCCCCCCCCCCC(=O)OC[C@H](COC(=O)CCCCCCCCCCCCCCCCCC(C)C)OC(=O)CCCCCCCCC(C)C. The van der Waals surface area contributed by atoms with Crippen molar-refractivity contribution in [2.75, 3.05) is 13.2 Å². The molecular formula is C58H112O6. The van der Waals surface area contributed by atoms with Crippen LogP contribution in [0.25, 0.3) is 0 Å². The molecule has 0 radical (unpaired) electrons. The topological polar surface area (TPSA) is 78.9 Å². The monoisotopic (exact) mass is 905 g/mol. The van der Waals surface area contributed by atoms with E-state index in [1.54, 1.807) is 0 Å². The first-order chi connectivity index (χ1) is 31.1. The lowest BCUT2D eigenvalue weighted by Gasteiger charge is -2.18. The lowest BCUT2D eigenvalue weighted by atomic mass is 10.0. The van der Waals surface area contributed by atoms with Crippen LogP contribution in [0.2, 0.25) is 0 Å². The predicted molar refractivity (Wildman–Crippen MR) is 275 cm³/mol. The van der Waals surface area contributed by atoms with Crippen molar-refractivity contribution < 1.29 is 28.6 Å². The zero-order valence-electron chi connectivity index (χ0n) is 44.1. The van der Waals surface area contributed by atoms with E-state index in [2.05, 4.69) is 41.5 Å². The number of ether oxygens (including phenoxy) is 3. The van der Waals surface area contributed by atoms with E-state index in [1.165, 1.54) is 199 Å². The Morgan fingerprint density at radius 2 is 0.453 bits per heavy atom. The maximum absolute atomic E-state index is 12.8. The molecule has 0 N–H and O–H groups in total. The van der Waals surface area contributed by atoms with Crippen molar-refractivity contribution >= 4 is 17.9 Å². The normalized spacial score (nSPS) is 12.1. The molecule has 0 aliphatic carbocycles. The summed E-state index contributed by atoms with van der Waals surface area (Å²) in [5, 5.41) is 0. The molecule has 1 atom stereocenters. The van der Waals surface area contributed by atoms with Crippen molar-refractivity contribution in [2.45, 2.75) is 324 Å². The highest BCUT2D eigenvalue weighted by atomic mass is 16.6. The molecule has 0 spiro atoms. The average Bonchev–Trinajstić information content (AvgIpc) is 3.25. The Morgan fingerprint density at radius 1 is 0.266 bits per heavy atom. The van der Waals surface area contributed by atoms with Gasteiger partial charge in [-0.15, -0.1) is 0 Å². The van der Waals surface area contributed by atoms with Gasteiger partial charge >= 0.3 is 17.9 Å². The molecule has 0 amide bonds. The fourth-order valence-corrected chi connectivity index (χ4v) is 8.82. The van der Waals surface area contributed by atoms with E-state index >= 15 is 0 Å². The summed E-state index contributed by atoms with van der Waals surface area (Å²) in [6.07, 6.45) is 51.2. The smallest absolute Gasteiger partial charge is 0.306 e. The van der Waals surface area contributed by atoms with E-state index in [1.807, 2.05) is 0 Å². The van der Waals surface area contributed by atoms with Gasteiger partial charge in [-0.3, -0.25) is 14.4 Å². The second kappa shape index (κ2) is 49.3. The molecular weight excluding hydrogens is 793 g/mol. The van der Waals surface area contributed by atoms with Crippen LogP contribution in [0.15, 0.2) is 0 Å². The van der Waals surface area contributed by atoms with Crippen LogP contribution in [0.3, 0.4) is 0 Å². The molecule has 0 aliphatic rings. The molecule has 0 aliphatic heterocycles. The van der Waals surface area contributed by atoms with Crippen LogP contribution in [0.1, 0.15) is 318 Å². The summed E-state index contributed by atoms with van der Waals surface area (Å²) in [5.41, 5.74) is 0. The first-order valence-electron chi connectivity index (χ1n) is 28.6. The van der Waals surface area contributed by atoms with Gasteiger partial charge in [0.05, 0.1) is 0 Å². The Kier molecular flexibility index (Phi) is 48.1. The highest BCUT2D eigenvalue weighted by Gasteiger charge is 2.19. The lowest BCUT2D eigenvalue weighted by molar-refractivity contribution is -0.167. The third-order valence-corrected chi connectivity index (χ3v) is 13.1. The zero-order chi connectivity index (χ0) is 47.0. The Bertz CT molecular complexity index is 991. The van der Waals surface area contributed by atoms with Crippen LogP contribution in [-0.2, 0) is 28.6 Å². The van der Waals surface area contributed by atoms with Gasteiger partial charge in [-0.05, 0) is 37.0 Å². The van der Waals surface area contributed by atoms with Gasteiger partial charge in [0.15, 0.2) is 6.10 Å². The highest BCUT2D eigenvalue weighted by Crippen LogP contribution is 2.18. The van der Waals surface area contributed by atoms with Gasteiger partial charge < -0.3 is 14.2 Å². The number of hydrogen-bond acceptors (Lipinski definition) is 6. The van der Waals surface area contributed by atoms with Crippen molar-refractivity contribution in [1.82, 2.24) is 0 Å². The first-order valence-corrected chi connectivity index (χ1v) is 28.6. The average molecular weight is 906 g/mol. The maximum atomic E-state index is 12.8. The van der Waals surface area contributed by atoms with Gasteiger partial charge in [-0.2, -0.15) is 0 Å².